The normalized spacial score (nSPS) is 11.4. The van der Waals surface area contributed by atoms with Gasteiger partial charge in [-0.3, -0.25) is 4.72 Å². The molecule has 6 nitrogen and oxygen atoms in total. The second-order valence-corrected chi connectivity index (χ2v) is 7.02. The Morgan fingerprint density at radius 2 is 1.92 bits per heavy atom. The topological polar surface area (TPSA) is 85.1 Å². The van der Waals surface area contributed by atoms with Crippen molar-refractivity contribution < 1.29 is 17.3 Å². The number of rotatable bonds is 5. The molecule has 0 atom stereocenters. The van der Waals surface area contributed by atoms with Crippen LogP contribution in [0.4, 0.5) is 10.1 Å². The van der Waals surface area contributed by atoms with E-state index < -0.39 is 10.0 Å². The lowest BCUT2D eigenvalue weighted by molar-refractivity contribution is 0.424. The number of nitrogens with one attached hydrogen (secondary N) is 1. The third kappa shape index (κ3) is 4.17. The van der Waals surface area contributed by atoms with Crippen LogP contribution in [-0.2, 0) is 16.4 Å². The molecular formula is C16H14FN3O3S. The van der Waals surface area contributed by atoms with Crippen LogP contribution in [0.2, 0.25) is 0 Å². The highest BCUT2D eigenvalue weighted by Gasteiger charge is 2.10. The van der Waals surface area contributed by atoms with Crippen molar-refractivity contribution in [3.05, 3.63) is 65.7 Å². The van der Waals surface area contributed by atoms with E-state index in [4.69, 9.17) is 4.52 Å². The number of anilines is 1. The van der Waals surface area contributed by atoms with Crippen molar-refractivity contribution >= 4 is 15.7 Å². The third-order valence-electron chi connectivity index (χ3n) is 3.15. The van der Waals surface area contributed by atoms with Crippen molar-refractivity contribution in [1.29, 1.82) is 0 Å². The van der Waals surface area contributed by atoms with Crippen LogP contribution in [0.5, 0.6) is 0 Å². The summed E-state index contributed by atoms with van der Waals surface area (Å²) in [7, 11) is -3.32. The zero-order valence-corrected chi connectivity index (χ0v) is 13.5. The van der Waals surface area contributed by atoms with Gasteiger partial charge in [-0.15, -0.1) is 0 Å². The lowest BCUT2D eigenvalue weighted by Gasteiger charge is -2.03. The van der Waals surface area contributed by atoms with Crippen molar-refractivity contribution in [3.63, 3.8) is 0 Å². The van der Waals surface area contributed by atoms with E-state index in [0.717, 1.165) is 11.8 Å². The maximum absolute atomic E-state index is 13.2. The number of benzene rings is 2. The Labute approximate surface area is 138 Å². The maximum Gasteiger partial charge on any atom is 0.257 e. The fraction of sp³-hybridized carbons (Fsp3) is 0.125. The quantitative estimate of drug-likeness (QED) is 0.767. The fourth-order valence-electron chi connectivity index (χ4n) is 2.17. The van der Waals surface area contributed by atoms with Crippen LogP contribution < -0.4 is 4.72 Å². The molecule has 3 rings (SSSR count). The second-order valence-electron chi connectivity index (χ2n) is 5.27. The van der Waals surface area contributed by atoms with Gasteiger partial charge in [0.25, 0.3) is 5.89 Å². The summed E-state index contributed by atoms with van der Waals surface area (Å²) in [5.41, 5.74) is 1.85. The van der Waals surface area contributed by atoms with Gasteiger partial charge in [0.05, 0.1) is 6.26 Å². The predicted octanol–water partition coefficient (Wildman–Crippen LogP) is 2.84. The molecule has 0 unspecified atom stereocenters. The van der Waals surface area contributed by atoms with Crippen molar-refractivity contribution in [1.82, 2.24) is 10.1 Å². The SMILES string of the molecule is CS(=O)(=O)Nc1ccc(-c2nc(Cc3cccc(F)c3)no2)cc1. The van der Waals surface area contributed by atoms with Crippen LogP contribution in [0, 0.1) is 5.82 Å². The molecule has 2 aromatic carbocycles. The van der Waals surface area contributed by atoms with Crippen molar-refractivity contribution in [2.75, 3.05) is 11.0 Å². The average Bonchev–Trinajstić information content (AvgIpc) is 2.95. The molecule has 0 fully saturated rings. The van der Waals surface area contributed by atoms with Gasteiger partial charge < -0.3 is 4.52 Å². The van der Waals surface area contributed by atoms with E-state index in [1.54, 1.807) is 36.4 Å². The Morgan fingerprint density at radius 3 is 2.58 bits per heavy atom. The predicted molar refractivity (Wildman–Crippen MR) is 87.4 cm³/mol. The molecule has 1 N–H and O–H groups in total. The molecule has 0 aliphatic rings. The van der Waals surface area contributed by atoms with Crippen LogP contribution in [0.15, 0.2) is 53.1 Å². The minimum absolute atomic E-state index is 0.312. The second kappa shape index (κ2) is 6.40. The lowest BCUT2D eigenvalue weighted by Crippen LogP contribution is -2.09. The Morgan fingerprint density at radius 1 is 1.17 bits per heavy atom. The Bertz CT molecular complexity index is 953. The van der Waals surface area contributed by atoms with Gasteiger partial charge in [0.15, 0.2) is 5.82 Å². The fourth-order valence-corrected chi connectivity index (χ4v) is 2.73. The summed E-state index contributed by atoms with van der Waals surface area (Å²) in [6.45, 7) is 0. The summed E-state index contributed by atoms with van der Waals surface area (Å²) >= 11 is 0. The minimum atomic E-state index is -3.32. The lowest BCUT2D eigenvalue weighted by atomic mass is 10.1. The van der Waals surface area contributed by atoms with Gasteiger partial charge in [0, 0.05) is 17.7 Å². The number of hydrogen-bond donors (Lipinski definition) is 1. The molecule has 0 spiro atoms. The van der Waals surface area contributed by atoms with E-state index in [9.17, 15) is 12.8 Å². The molecular weight excluding hydrogens is 333 g/mol. The number of aromatic nitrogens is 2. The number of nitrogens with zero attached hydrogens (tertiary/aromatic N) is 2. The van der Waals surface area contributed by atoms with E-state index in [0.29, 0.717) is 29.4 Å². The standard InChI is InChI=1S/C16H14FN3O3S/c1-24(21,22)20-14-7-5-12(6-8-14)16-18-15(19-23-16)10-11-3-2-4-13(17)9-11/h2-9,20H,10H2,1H3. The first-order valence-corrected chi connectivity index (χ1v) is 8.93. The Hall–Kier alpha value is -2.74. The van der Waals surface area contributed by atoms with Crippen LogP contribution in [0.1, 0.15) is 11.4 Å². The van der Waals surface area contributed by atoms with Crippen LogP contribution >= 0.6 is 0 Å². The Kier molecular flexibility index (Phi) is 4.30. The van der Waals surface area contributed by atoms with E-state index in [2.05, 4.69) is 14.9 Å². The van der Waals surface area contributed by atoms with Crippen molar-refractivity contribution in [3.8, 4) is 11.5 Å². The molecule has 0 saturated heterocycles. The molecule has 8 heteroatoms. The van der Waals surface area contributed by atoms with Gasteiger partial charge >= 0.3 is 0 Å². The van der Waals surface area contributed by atoms with Gasteiger partial charge in [-0.05, 0) is 42.0 Å². The first-order chi connectivity index (χ1) is 11.4. The van der Waals surface area contributed by atoms with E-state index >= 15 is 0 Å². The molecule has 0 radical (unpaired) electrons. The molecule has 24 heavy (non-hydrogen) atoms. The maximum atomic E-state index is 13.2. The van der Waals surface area contributed by atoms with Crippen LogP contribution in [-0.4, -0.2) is 24.8 Å². The molecule has 3 aromatic rings. The highest BCUT2D eigenvalue weighted by molar-refractivity contribution is 7.92. The number of sulfonamides is 1. The monoisotopic (exact) mass is 347 g/mol. The van der Waals surface area contributed by atoms with Gasteiger partial charge in [-0.2, -0.15) is 4.98 Å². The van der Waals surface area contributed by atoms with E-state index in [1.807, 2.05) is 0 Å². The summed E-state index contributed by atoms with van der Waals surface area (Å²) in [5, 5.41) is 3.88. The first-order valence-electron chi connectivity index (χ1n) is 7.04. The van der Waals surface area contributed by atoms with Gasteiger partial charge in [-0.1, -0.05) is 17.3 Å². The molecule has 1 aromatic heterocycles. The van der Waals surface area contributed by atoms with Crippen LogP contribution in [0.25, 0.3) is 11.5 Å². The highest BCUT2D eigenvalue weighted by Crippen LogP contribution is 2.21. The zero-order chi connectivity index (χ0) is 17.2. The average molecular weight is 347 g/mol. The number of hydrogen-bond acceptors (Lipinski definition) is 5. The minimum Gasteiger partial charge on any atom is -0.334 e. The summed E-state index contributed by atoms with van der Waals surface area (Å²) in [6.07, 6.45) is 1.44. The molecule has 0 aliphatic carbocycles. The van der Waals surface area contributed by atoms with Gasteiger partial charge in [-0.25, -0.2) is 12.8 Å². The van der Waals surface area contributed by atoms with Gasteiger partial charge in [0.2, 0.25) is 10.0 Å². The molecule has 0 saturated carbocycles. The number of halogens is 1. The van der Waals surface area contributed by atoms with Crippen molar-refractivity contribution in [2.24, 2.45) is 0 Å². The largest absolute Gasteiger partial charge is 0.334 e. The third-order valence-corrected chi connectivity index (χ3v) is 3.76. The highest BCUT2D eigenvalue weighted by atomic mass is 32.2. The van der Waals surface area contributed by atoms with E-state index in [-0.39, 0.29) is 5.82 Å². The van der Waals surface area contributed by atoms with Crippen molar-refractivity contribution in [2.45, 2.75) is 6.42 Å². The van der Waals surface area contributed by atoms with Crippen LogP contribution in [0.3, 0.4) is 0 Å². The molecule has 1 heterocycles. The summed E-state index contributed by atoms with van der Waals surface area (Å²) in [5.74, 6) is 0.437. The summed E-state index contributed by atoms with van der Waals surface area (Å²) in [4.78, 5) is 4.27. The van der Waals surface area contributed by atoms with E-state index in [1.165, 1.54) is 12.1 Å². The summed E-state index contributed by atoms with van der Waals surface area (Å²) in [6, 6.07) is 12.8. The molecule has 0 aliphatic heterocycles. The zero-order valence-electron chi connectivity index (χ0n) is 12.7. The smallest absolute Gasteiger partial charge is 0.257 e. The van der Waals surface area contributed by atoms with Gasteiger partial charge in [0.1, 0.15) is 5.82 Å². The molecule has 0 amide bonds. The Balaban J connectivity index is 1.75. The molecule has 124 valence electrons. The first kappa shape index (κ1) is 16.1. The summed E-state index contributed by atoms with van der Waals surface area (Å²) < 4.78 is 43.1. The molecule has 0 bridgehead atoms.